The molecule has 1 aromatic rings. The number of carboxylic acid groups (broad SMARTS) is 1. The van der Waals surface area contributed by atoms with E-state index in [0.29, 0.717) is 5.92 Å². The minimum absolute atomic E-state index is 0.418. The minimum Gasteiger partial charge on any atom is -0.481 e. The summed E-state index contributed by atoms with van der Waals surface area (Å²) in [4.78, 5) is 11.3. The molecular formula is C18H27NO2. The Labute approximate surface area is 127 Å². The van der Waals surface area contributed by atoms with Gasteiger partial charge in [0.1, 0.15) is 0 Å². The molecule has 1 aliphatic heterocycles. The van der Waals surface area contributed by atoms with Crippen LogP contribution in [0.4, 0.5) is 0 Å². The second-order valence-corrected chi connectivity index (χ2v) is 6.15. The zero-order valence-electron chi connectivity index (χ0n) is 13.2. The molecule has 2 N–H and O–H groups in total. The number of aliphatic carboxylic acids is 1. The van der Waals surface area contributed by atoms with E-state index in [4.69, 9.17) is 0 Å². The highest BCUT2D eigenvalue weighted by molar-refractivity contribution is 5.76. The molecule has 3 heteroatoms. The Kier molecular flexibility index (Phi) is 5.80. The lowest BCUT2D eigenvalue weighted by molar-refractivity contribution is -0.138. The van der Waals surface area contributed by atoms with E-state index in [9.17, 15) is 9.90 Å². The number of piperidine rings is 1. The third kappa shape index (κ3) is 4.07. The molecule has 1 saturated heterocycles. The normalized spacial score (nSPS) is 17.6. The first-order valence-corrected chi connectivity index (χ1v) is 8.19. The van der Waals surface area contributed by atoms with Gasteiger partial charge in [-0.15, -0.1) is 0 Å². The maximum Gasteiger partial charge on any atom is 0.310 e. The topological polar surface area (TPSA) is 49.3 Å². The van der Waals surface area contributed by atoms with E-state index in [1.54, 1.807) is 6.92 Å². The molecular weight excluding hydrogens is 262 g/mol. The molecule has 1 fully saturated rings. The van der Waals surface area contributed by atoms with Crippen LogP contribution in [0.3, 0.4) is 0 Å². The van der Waals surface area contributed by atoms with Gasteiger partial charge >= 0.3 is 5.97 Å². The van der Waals surface area contributed by atoms with Crippen LogP contribution in [0.25, 0.3) is 0 Å². The Hall–Kier alpha value is -1.35. The molecule has 2 rings (SSSR count). The Morgan fingerprint density at radius 1 is 1.38 bits per heavy atom. The van der Waals surface area contributed by atoms with E-state index >= 15 is 0 Å². The fourth-order valence-corrected chi connectivity index (χ4v) is 3.17. The zero-order valence-corrected chi connectivity index (χ0v) is 13.2. The number of aryl methyl sites for hydroxylation is 1. The maximum atomic E-state index is 11.3. The molecule has 21 heavy (non-hydrogen) atoms. The molecule has 0 bridgehead atoms. The number of unbranched alkanes of at least 4 members (excludes halogenated alkanes) is 1. The highest BCUT2D eigenvalue weighted by atomic mass is 16.4. The molecule has 116 valence electrons. The first-order chi connectivity index (χ1) is 10.1. The van der Waals surface area contributed by atoms with Crippen molar-refractivity contribution < 1.29 is 9.90 Å². The van der Waals surface area contributed by atoms with Crippen LogP contribution < -0.4 is 5.32 Å². The summed E-state index contributed by atoms with van der Waals surface area (Å²) in [5.74, 6) is -0.526. The van der Waals surface area contributed by atoms with E-state index in [0.717, 1.165) is 37.9 Å². The lowest BCUT2D eigenvalue weighted by atomic mass is 9.85. The van der Waals surface area contributed by atoms with Gasteiger partial charge in [-0.3, -0.25) is 4.79 Å². The fourth-order valence-electron chi connectivity index (χ4n) is 3.17. The second kappa shape index (κ2) is 7.60. The second-order valence-electron chi connectivity index (χ2n) is 6.15. The summed E-state index contributed by atoms with van der Waals surface area (Å²) in [6, 6.07) is 6.49. The Morgan fingerprint density at radius 3 is 2.71 bits per heavy atom. The molecule has 1 unspecified atom stereocenters. The van der Waals surface area contributed by atoms with Gasteiger partial charge in [-0.05, 0) is 68.3 Å². The number of hydrogen-bond acceptors (Lipinski definition) is 2. The van der Waals surface area contributed by atoms with Gasteiger partial charge in [0.05, 0.1) is 5.92 Å². The van der Waals surface area contributed by atoms with Crippen LogP contribution in [0.2, 0.25) is 0 Å². The quantitative estimate of drug-likeness (QED) is 0.840. The lowest BCUT2D eigenvalue weighted by Crippen LogP contribution is -2.26. The SMILES string of the molecule is CCCCc1cc(C2CCNCC2)ccc1C(C)C(=O)O. The molecule has 0 amide bonds. The van der Waals surface area contributed by atoms with Gasteiger partial charge in [0.15, 0.2) is 0 Å². The monoisotopic (exact) mass is 289 g/mol. The van der Waals surface area contributed by atoms with Crippen molar-refractivity contribution in [3.63, 3.8) is 0 Å². The third-order valence-corrected chi connectivity index (χ3v) is 4.61. The van der Waals surface area contributed by atoms with Crippen LogP contribution in [0.1, 0.15) is 68.1 Å². The van der Waals surface area contributed by atoms with Crippen molar-refractivity contribution >= 4 is 5.97 Å². The number of benzene rings is 1. The van der Waals surface area contributed by atoms with Crippen molar-refractivity contribution in [1.29, 1.82) is 0 Å². The van der Waals surface area contributed by atoms with Gasteiger partial charge in [0.25, 0.3) is 0 Å². The van der Waals surface area contributed by atoms with E-state index < -0.39 is 11.9 Å². The Bertz CT molecular complexity index is 478. The summed E-state index contributed by atoms with van der Waals surface area (Å²) in [5, 5.41) is 12.7. The molecule has 0 spiro atoms. The molecule has 1 aromatic carbocycles. The van der Waals surface area contributed by atoms with Crippen molar-refractivity contribution in [2.24, 2.45) is 0 Å². The Balaban J connectivity index is 2.27. The smallest absolute Gasteiger partial charge is 0.310 e. The van der Waals surface area contributed by atoms with E-state index in [1.807, 2.05) is 0 Å². The van der Waals surface area contributed by atoms with Crippen molar-refractivity contribution in [3.8, 4) is 0 Å². The highest BCUT2D eigenvalue weighted by Crippen LogP contribution is 2.30. The number of carboxylic acids is 1. The first-order valence-electron chi connectivity index (χ1n) is 8.19. The average Bonchev–Trinajstić information content (AvgIpc) is 2.52. The molecule has 1 atom stereocenters. The Morgan fingerprint density at radius 2 is 2.10 bits per heavy atom. The minimum atomic E-state index is -0.734. The summed E-state index contributed by atoms with van der Waals surface area (Å²) in [6.45, 7) is 6.14. The van der Waals surface area contributed by atoms with E-state index in [2.05, 4.69) is 30.4 Å². The zero-order chi connectivity index (χ0) is 15.2. The van der Waals surface area contributed by atoms with Crippen LogP contribution in [0.5, 0.6) is 0 Å². The van der Waals surface area contributed by atoms with Crippen molar-refractivity contribution in [3.05, 3.63) is 34.9 Å². The molecule has 3 nitrogen and oxygen atoms in total. The molecule has 0 aliphatic carbocycles. The van der Waals surface area contributed by atoms with Crippen LogP contribution in [-0.4, -0.2) is 24.2 Å². The summed E-state index contributed by atoms with van der Waals surface area (Å²) in [5.41, 5.74) is 3.63. The van der Waals surface area contributed by atoms with Crippen molar-refractivity contribution in [2.75, 3.05) is 13.1 Å². The molecule has 0 radical (unpaired) electrons. The number of rotatable bonds is 6. The van der Waals surface area contributed by atoms with Gasteiger partial charge in [0.2, 0.25) is 0 Å². The van der Waals surface area contributed by atoms with Gasteiger partial charge in [0, 0.05) is 0 Å². The van der Waals surface area contributed by atoms with Gasteiger partial charge in [-0.1, -0.05) is 31.5 Å². The standard InChI is InChI=1S/C18H27NO2/c1-3-4-5-16-12-15(14-8-10-19-11-9-14)6-7-17(16)13(2)18(20)21/h6-7,12-14,19H,3-5,8-11H2,1-2H3,(H,20,21). The number of carbonyl (C=O) groups is 1. The van der Waals surface area contributed by atoms with E-state index in [-0.39, 0.29) is 0 Å². The molecule has 1 heterocycles. The first kappa shape index (κ1) is 16.0. The summed E-state index contributed by atoms with van der Waals surface area (Å²) in [6.07, 6.45) is 5.61. The average molecular weight is 289 g/mol. The predicted octanol–water partition coefficient (Wildman–Crippen LogP) is 3.68. The number of nitrogens with one attached hydrogen (secondary N) is 1. The summed E-state index contributed by atoms with van der Waals surface area (Å²) >= 11 is 0. The van der Waals surface area contributed by atoms with Gasteiger partial charge < -0.3 is 10.4 Å². The fraction of sp³-hybridized carbons (Fsp3) is 0.611. The largest absolute Gasteiger partial charge is 0.481 e. The van der Waals surface area contributed by atoms with Crippen LogP contribution in [0.15, 0.2) is 18.2 Å². The summed E-state index contributed by atoms with van der Waals surface area (Å²) in [7, 11) is 0. The third-order valence-electron chi connectivity index (χ3n) is 4.61. The maximum absolute atomic E-state index is 11.3. The highest BCUT2D eigenvalue weighted by Gasteiger charge is 2.20. The molecule has 0 saturated carbocycles. The predicted molar refractivity (Wildman–Crippen MR) is 85.9 cm³/mol. The van der Waals surface area contributed by atoms with E-state index in [1.165, 1.54) is 24.0 Å². The summed E-state index contributed by atoms with van der Waals surface area (Å²) < 4.78 is 0. The van der Waals surface area contributed by atoms with Crippen LogP contribution in [0, 0.1) is 0 Å². The van der Waals surface area contributed by atoms with Crippen LogP contribution >= 0.6 is 0 Å². The van der Waals surface area contributed by atoms with Crippen LogP contribution in [-0.2, 0) is 11.2 Å². The lowest BCUT2D eigenvalue weighted by Gasteiger charge is -2.24. The van der Waals surface area contributed by atoms with Crippen molar-refractivity contribution in [2.45, 2.75) is 57.8 Å². The van der Waals surface area contributed by atoms with Gasteiger partial charge in [-0.2, -0.15) is 0 Å². The van der Waals surface area contributed by atoms with Gasteiger partial charge in [-0.25, -0.2) is 0 Å². The number of hydrogen-bond donors (Lipinski definition) is 2. The molecule has 0 aromatic heterocycles. The molecule has 1 aliphatic rings. The van der Waals surface area contributed by atoms with Crippen molar-refractivity contribution in [1.82, 2.24) is 5.32 Å².